The van der Waals surface area contributed by atoms with E-state index in [0.717, 1.165) is 41.9 Å². The Morgan fingerprint density at radius 2 is 1.81 bits per heavy atom. The van der Waals surface area contributed by atoms with Crippen LogP contribution in [-0.4, -0.2) is 40.3 Å². The smallest absolute Gasteiger partial charge is 0.323 e. The molecule has 3 aromatic rings. The van der Waals surface area contributed by atoms with Crippen molar-refractivity contribution in [1.82, 2.24) is 14.7 Å². The number of esters is 1. The van der Waals surface area contributed by atoms with Crippen LogP contribution in [0, 0.1) is 0 Å². The Labute approximate surface area is 159 Å². The van der Waals surface area contributed by atoms with Gasteiger partial charge in [0.05, 0.1) is 18.5 Å². The Balaban J connectivity index is 1.70. The van der Waals surface area contributed by atoms with Gasteiger partial charge in [0, 0.05) is 23.9 Å². The van der Waals surface area contributed by atoms with Crippen LogP contribution in [0.5, 0.6) is 0 Å². The van der Waals surface area contributed by atoms with Gasteiger partial charge in [-0.2, -0.15) is 5.10 Å². The van der Waals surface area contributed by atoms with Crippen molar-refractivity contribution >= 4 is 5.97 Å². The van der Waals surface area contributed by atoms with E-state index in [2.05, 4.69) is 23.2 Å². The Morgan fingerprint density at radius 1 is 1.11 bits per heavy atom. The van der Waals surface area contributed by atoms with Crippen LogP contribution in [0.15, 0.2) is 66.9 Å². The monoisotopic (exact) mass is 361 g/mol. The maximum atomic E-state index is 12.1. The van der Waals surface area contributed by atoms with Gasteiger partial charge < -0.3 is 4.74 Å². The molecule has 138 valence electrons. The van der Waals surface area contributed by atoms with Crippen LogP contribution >= 0.6 is 0 Å². The highest BCUT2D eigenvalue weighted by molar-refractivity contribution is 5.76. The van der Waals surface area contributed by atoms with Crippen LogP contribution in [0.4, 0.5) is 0 Å². The number of carbonyl (C=O) groups is 1. The Bertz CT molecular complexity index is 906. The molecule has 0 bridgehead atoms. The summed E-state index contributed by atoms with van der Waals surface area (Å²) in [7, 11) is 1.46. The number of carbonyl (C=O) groups excluding carboxylic acids is 1. The molecule has 0 aliphatic carbocycles. The summed E-state index contributed by atoms with van der Waals surface area (Å²) < 4.78 is 6.91. The average Bonchev–Trinajstić information content (AvgIpc) is 3.36. The van der Waals surface area contributed by atoms with E-state index in [0.29, 0.717) is 6.54 Å². The molecule has 0 amide bonds. The van der Waals surface area contributed by atoms with Gasteiger partial charge in [-0.1, -0.05) is 48.5 Å². The highest BCUT2D eigenvalue weighted by Gasteiger charge is 2.32. The second kappa shape index (κ2) is 7.76. The minimum absolute atomic E-state index is 0.149. The Kier molecular flexibility index (Phi) is 5.03. The lowest BCUT2D eigenvalue weighted by Crippen LogP contribution is -2.36. The number of para-hydroxylation sites is 1. The first-order valence-electron chi connectivity index (χ1n) is 9.27. The molecule has 1 aliphatic heterocycles. The van der Waals surface area contributed by atoms with Gasteiger partial charge in [0.2, 0.25) is 0 Å². The van der Waals surface area contributed by atoms with E-state index >= 15 is 0 Å². The predicted octanol–water partition coefficient (Wildman–Crippen LogP) is 3.68. The van der Waals surface area contributed by atoms with E-state index in [1.807, 2.05) is 53.2 Å². The lowest BCUT2D eigenvalue weighted by molar-refractivity contribution is -0.146. The molecule has 0 N–H and O–H groups in total. The molecule has 1 unspecified atom stereocenters. The van der Waals surface area contributed by atoms with Crippen molar-refractivity contribution in [2.75, 3.05) is 13.7 Å². The molecule has 0 radical (unpaired) electrons. The molecular weight excluding hydrogens is 338 g/mol. The fourth-order valence-electron chi connectivity index (χ4n) is 3.71. The summed E-state index contributed by atoms with van der Waals surface area (Å²) in [6, 6.07) is 20.1. The maximum absolute atomic E-state index is 12.1. The SMILES string of the molecule is COC(=O)C1CCCN1Cc1cn(-c2ccccc2)nc1-c1ccccc1. The molecule has 0 spiro atoms. The van der Waals surface area contributed by atoms with Crippen LogP contribution in [0.25, 0.3) is 16.9 Å². The second-order valence-electron chi connectivity index (χ2n) is 6.80. The lowest BCUT2D eigenvalue weighted by Gasteiger charge is -2.22. The van der Waals surface area contributed by atoms with Gasteiger partial charge in [0.15, 0.2) is 0 Å². The summed E-state index contributed by atoms with van der Waals surface area (Å²) >= 11 is 0. The van der Waals surface area contributed by atoms with Crippen LogP contribution in [0.3, 0.4) is 0 Å². The minimum Gasteiger partial charge on any atom is -0.468 e. The number of hydrogen-bond donors (Lipinski definition) is 0. The number of methoxy groups -OCH3 is 1. The quantitative estimate of drug-likeness (QED) is 0.651. The van der Waals surface area contributed by atoms with E-state index < -0.39 is 0 Å². The third kappa shape index (κ3) is 3.64. The highest BCUT2D eigenvalue weighted by atomic mass is 16.5. The van der Waals surface area contributed by atoms with Crippen LogP contribution in [0.2, 0.25) is 0 Å². The van der Waals surface area contributed by atoms with Crippen molar-refractivity contribution in [2.45, 2.75) is 25.4 Å². The number of likely N-dealkylation sites (tertiary alicyclic amines) is 1. The third-order valence-corrected chi connectivity index (χ3v) is 5.07. The molecule has 2 aromatic carbocycles. The maximum Gasteiger partial charge on any atom is 0.323 e. The topological polar surface area (TPSA) is 47.4 Å². The van der Waals surface area contributed by atoms with Gasteiger partial charge in [-0.15, -0.1) is 0 Å². The average molecular weight is 361 g/mol. The van der Waals surface area contributed by atoms with E-state index in [1.165, 1.54) is 7.11 Å². The minimum atomic E-state index is -0.168. The van der Waals surface area contributed by atoms with Gasteiger partial charge in [0.25, 0.3) is 0 Å². The van der Waals surface area contributed by atoms with Crippen molar-refractivity contribution in [3.8, 4) is 16.9 Å². The summed E-state index contributed by atoms with van der Waals surface area (Å²) in [6.45, 7) is 1.57. The molecule has 1 atom stereocenters. The van der Waals surface area contributed by atoms with Crippen LogP contribution < -0.4 is 0 Å². The van der Waals surface area contributed by atoms with Gasteiger partial charge in [-0.3, -0.25) is 9.69 Å². The third-order valence-electron chi connectivity index (χ3n) is 5.07. The van der Waals surface area contributed by atoms with Crippen molar-refractivity contribution in [3.05, 3.63) is 72.4 Å². The molecule has 1 saturated heterocycles. The zero-order chi connectivity index (χ0) is 18.6. The van der Waals surface area contributed by atoms with Crippen LogP contribution in [-0.2, 0) is 16.1 Å². The summed E-state index contributed by atoms with van der Waals surface area (Å²) in [4.78, 5) is 14.3. The fourth-order valence-corrected chi connectivity index (χ4v) is 3.71. The molecule has 27 heavy (non-hydrogen) atoms. The fraction of sp³-hybridized carbons (Fsp3) is 0.273. The first-order chi connectivity index (χ1) is 13.3. The first-order valence-corrected chi connectivity index (χ1v) is 9.27. The molecular formula is C22H23N3O2. The summed E-state index contributed by atoms with van der Waals surface area (Å²) in [5, 5.41) is 4.86. The molecule has 5 heteroatoms. The number of ether oxygens (including phenoxy) is 1. The number of rotatable bonds is 5. The van der Waals surface area contributed by atoms with Crippen LogP contribution in [0.1, 0.15) is 18.4 Å². The van der Waals surface area contributed by atoms with Crippen molar-refractivity contribution in [3.63, 3.8) is 0 Å². The highest BCUT2D eigenvalue weighted by Crippen LogP contribution is 2.28. The largest absolute Gasteiger partial charge is 0.468 e. The van der Waals surface area contributed by atoms with Gasteiger partial charge >= 0.3 is 5.97 Å². The molecule has 2 heterocycles. The zero-order valence-electron chi connectivity index (χ0n) is 15.4. The standard InChI is InChI=1S/C22H23N3O2/c1-27-22(26)20-13-8-14-24(20)15-18-16-25(19-11-6-3-7-12-19)23-21(18)17-9-4-2-5-10-17/h2-7,9-12,16,20H,8,13-15H2,1H3. The number of nitrogens with zero attached hydrogens (tertiary/aromatic N) is 3. The van der Waals surface area contributed by atoms with E-state index in [4.69, 9.17) is 9.84 Å². The van der Waals surface area contributed by atoms with Gasteiger partial charge in [-0.05, 0) is 31.5 Å². The normalized spacial score (nSPS) is 17.1. The number of hydrogen-bond acceptors (Lipinski definition) is 4. The molecule has 4 rings (SSSR count). The number of benzene rings is 2. The van der Waals surface area contributed by atoms with Crippen molar-refractivity contribution in [1.29, 1.82) is 0 Å². The molecule has 5 nitrogen and oxygen atoms in total. The summed E-state index contributed by atoms with van der Waals surface area (Å²) in [6.07, 6.45) is 3.93. The molecule has 1 aliphatic rings. The van der Waals surface area contributed by atoms with Crippen molar-refractivity contribution in [2.24, 2.45) is 0 Å². The van der Waals surface area contributed by atoms with Crippen molar-refractivity contribution < 1.29 is 9.53 Å². The zero-order valence-corrected chi connectivity index (χ0v) is 15.4. The molecule has 1 fully saturated rings. The lowest BCUT2D eigenvalue weighted by atomic mass is 10.1. The van der Waals surface area contributed by atoms with Gasteiger partial charge in [0.1, 0.15) is 6.04 Å². The van der Waals surface area contributed by atoms with Gasteiger partial charge in [-0.25, -0.2) is 4.68 Å². The summed E-state index contributed by atoms with van der Waals surface area (Å²) in [5.41, 5.74) is 4.17. The Morgan fingerprint density at radius 3 is 2.52 bits per heavy atom. The van der Waals surface area contributed by atoms with E-state index in [1.54, 1.807) is 0 Å². The second-order valence-corrected chi connectivity index (χ2v) is 6.80. The summed E-state index contributed by atoms with van der Waals surface area (Å²) in [5.74, 6) is -0.149. The molecule has 1 aromatic heterocycles. The number of aromatic nitrogens is 2. The first kappa shape index (κ1) is 17.5. The molecule has 0 saturated carbocycles. The predicted molar refractivity (Wildman–Crippen MR) is 104 cm³/mol. The van der Waals surface area contributed by atoms with E-state index in [-0.39, 0.29) is 12.0 Å². The Hall–Kier alpha value is -2.92. The van der Waals surface area contributed by atoms with E-state index in [9.17, 15) is 4.79 Å².